The number of ether oxygens (including phenoxy) is 1. The molecule has 0 saturated carbocycles. The minimum absolute atomic E-state index is 0.0153. The van der Waals surface area contributed by atoms with E-state index in [9.17, 15) is 13.2 Å². The summed E-state index contributed by atoms with van der Waals surface area (Å²) in [4.78, 5) is 13.7. The zero-order valence-corrected chi connectivity index (χ0v) is 15.7. The number of sulfonamides is 1. The summed E-state index contributed by atoms with van der Waals surface area (Å²) in [7, 11) is -3.75. The van der Waals surface area contributed by atoms with Crippen LogP contribution in [0.25, 0.3) is 0 Å². The van der Waals surface area contributed by atoms with Gasteiger partial charge in [-0.05, 0) is 25.0 Å². The van der Waals surface area contributed by atoms with E-state index in [1.807, 2.05) is 0 Å². The molecular formula is C15H19Cl2N3O4S. The third-order valence-corrected chi connectivity index (χ3v) is 6.69. The molecule has 0 radical (unpaired) electrons. The van der Waals surface area contributed by atoms with E-state index in [0.717, 1.165) is 0 Å². The molecule has 25 heavy (non-hydrogen) atoms. The second kappa shape index (κ2) is 7.28. The Labute approximate surface area is 156 Å². The molecule has 7 nitrogen and oxygen atoms in total. The normalized spacial score (nSPS) is 23.0. The molecule has 3 rings (SSSR count). The van der Waals surface area contributed by atoms with Gasteiger partial charge in [-0.2, -0.15) is 0 Å². The van der Waals surface area contributed by atoms with E-state index < -0.39 is 10.0 Å². The molecule has 1 aromatic rings. The van der Waals surface area contributed by atoms with E-state index in [1.165, 1.54) is 12.1 Å². The molecule has 1 atom stereocenters. The second-order valence-corrected chi connectivity index (χ2v) is 8.73. The number of benzene rings is 1. The van der Waals surface area contributed by atoms with E-state index in [2.05, 4.69) is 9.62 Å². The number of piperidine rings is 1. The lowest BCUT2D eigenvalue weighted by Gasteiger charge is -2.34. The van der Waals surface area contributed by atoms with Crippen molar-refractivity contribution in [3.05, 3.63) is 22.2 Å². The van der Waals surface area contributed by atoms with Crippen LogP contribution in [-0.2, 0) is 19.6 Å². The molecule has 1 aromatic carbocycles. The van der Waals surface area contributed by atoms with Gasteiger partial charge < -0.3 is 10.5 Å². The van der Waals surface area contributed by atoms with Crippen LogP contribution in [0.3, 0.4) is 0 Å². The second-order valence-electron chi connectivity index (χ2n) is 6.20. The first kappa shape index (κ1) is 18.7. The van der Waals surface area contributed by atoms with Crippen LogP contribution in [0.2, 0.25) is 10.0 Å². The van der Waals surface area contributed by atoms with E-state index >= 15 is 0 Å². The fourth-order valence-corrected chi connectivity index (χ4v) is 5.12. The van der Waals surface area contributed by atoms with Crippen molar-refractivity contribution in [3.8, 4) is 0 Å². The van der Waals surface area contributed by atoms with Crippen molar-refractivity contribution < 1.29 is 17.9 Å². The van der Waals surface area contributed by atoms with Gasteiger partial charge in [0.2, 0.25) is 10.0 Å². The molecule has 0 aliphatic carbocycles. The third-order valence-electron chi connectivity index (χ3n) is 4.56. The molecule has 2 saturated heterocycles. The Hall–Kier alpha value is -1.06. The molecule has 2 heterocycles. The predicted octanol–water partition coefficient (Wildman–Crippen LogP) is 1.63. The zero-order valence-electron chi connectivity index (χ0n) is 13.4. The smallest absolute Gasteiger partial charge is 0.323 e. The lowest BCUT2D eigenvalue weighted by Crippen LogP contribution is -2.49. The van der Waals surface area contributed by atoms with Crippen molar-refractivity contribution in [1.82, 2.24) is 9.62 Å². The van der Waals surface area contributed by atoms with E-state index in [4.69, 9.17) is 33.7 Å². The van der Waals surface area contributed by atoms with Gasteiger partial charge in [-0.25, -0.2) is 13.1 Å². The average Bonchev–Trinajstić information content (AvgIpc) is 2.98. The molecule has 138 valence electrons. The maximum absolute atomic E-state index is 12.5. The highest BCUT2D eigenvalue weighted by molar-refractivity contribution is 7.89. The molecule has 0 aromatic heterocycles. The number of nitrogens with two attached hydrogens (primary N) is 1. The molecule has 2 aliphatic heterocycles. The summed E-state index contributed by atoms with van der Waals surface area (Å²) in [5.74, 6) is -0.190. The number of esters is 1. The number of rotatable bonds is 4. The number of nitrogens with zero attached hydrogens (tertiary/aromatic N) is 1. The van der Waals surface area contributed by atoms with Gasteiger partial charge in [0, 0.05) is 25.6 Å². The number of anilines is 1. The molecule has 0 amide bonds. The van der Waals surface area contributed by atoms with Gasteiger partial charge in [-0.1, -0.05) is 23.2 Å². The standard InChI is InChI=1S/C15H19Cl2N3O4S/c16-11-7-10(8-12(17)14(11)18)25(22,23)19-9-1-4-20(5-2-9)13-3-6-24-15(13)21/h7-9,13,19H,1-6,18H2/t13-/m1/s1. The van der Waals surface area contributed by atoms with Crippen LogP contribution in [0, 0.1) is 0 Å². The summed E-state index contributed by atoms with van der Waals surface area (Å²) in [5.41, 5.74) is 5.79. The first-order valence-corrected chi connectivity index (χ1v) is 10.2. The molecule has 0 bridgehead atoms. The maximum Gasteiger partial charge on any atom is 0.323 e. The number of nitrogen functional groups attached to an aromatic ring is 1. The van der Waals surface area contributed by atoms with Crippen molar-refractivity contribution in [2.75, 3.05) is 25.4 Å². The van der Waals surface area contributed by atoms with Gasteiger partial charge in [0.25, 0.3) is 0 Å². The largest absolute Gasteiger partial charge is 0.464 e. The van der Waals surface area contributed by atoms with E-state index in [0.29, 0.717) is 39.0 Å². The summed E-state index contributed by atoms with van der Waals surface area (Å²) < 4.78 is 32.8. The van der Waals surface area contributed by atoms with Crippen molar-refractivity contribution >= 4 is 44.9 Å². The Bertz CT molecular complexity index is 756. The van der Waals surface area contributed by atoms with E-state index in [-0.39, 0.29) is 38.7 Å². The number of cyclic esters (lactones) is 1. The van der Waals surface area contributed by atoms with Gasteiger partial charge in [-0.15, -0.1) is 0 Å². The molecular weight excluding hydrogens is 389 g/mol. The van der Waals surface area contributed by atoms with Gasteiger partial charge in [0.05, 0.1) is 27.2 Å². The Morgan fingerprint density at radius 2 is 1.76 bits per heavy atom. The number of hydrogen-bond acceptors (Lipinski definition) is 6. The fraction of sp³-hybridized carbons (Fsp3) is 0.533. The summed E-state index contributed by atoms with van der Waals surface area (Å²) in [6, 6.07) is 2.16. The van der Waals surface area contributed by atoms with Crippen molar-refractivity contribution in [2.24, 2.45) is 0 Å². The van der Waals surface area contributed by atoms with Crippen LogP contribution in [-0.4, -0.2) is 51.1 Å². The predicted molar refractivity (Wildman–Crippen MR) is 95.2 cm³/mol. The third kappa shape index (κ3) is 4.03. The number of likely N-dealkylation sites (tertiary alicyclic amines) is 1. The lowest BCUT2D eigenvalue weighted by molar-refractivity contribution is -0.142. The summed E-state index contributed by atoms with van der Waals surface area (Å²) in [6.07, 6.45) is 1.91. The molecule has 10 heteroatoms. The number of halogens is 2. The number of carbonyl (C=O) groups is 1. The first-order valence-electron chi connectivity index (χ1n) is 7.95. The number of nitrogens with one attached hydrogen (secondary N) is 1. The Balaban J connectivity index is 1.64. The summed E-state index contributed by atoms with van der Waals surface area (Å²) in [5, 5.41) is 0.199. The fourth-order valence-electron chi connectivity index (χ4n) is 3.15. The molecule has 2 aliphatic rings. The van der Waals surface area contributed by atoms with Crippen molar-refractivity contribution in [3.63, 3.8) is 0 Å². The summed E-state index contributed by atoms with van der Waals surface area (Å²) in [6.45, 7) is 1.72. The average molecular weight is 408 g/mol. The highest BCUT2D eigenvalue weighted by Crippen LogP contribution is 2.31. The monoisotopic (exact) mass is 407 g/mol. The van der Waals surface area contributed by atoms with Crippen LogP contribution in [0.15, 0.2) is 17.0 Å². The van der Waals surface area contributed by atoms with Gasteiger partial charge in [0.15, 0.2) is 0 Å². The number of carbonyl (C=O) groups excluding carboxylic acids is 1. The van der Waals surface area contributed by atoms with Crippen LogP contribution < -0.4 is 10.5 Å². The van der Waals surface area contributed by atoms with Crippen molar-refractivity contribution in [1.29, 1.82) is 0 Å². The molecule has 3 N–H and O–H groups in total. The van der Waals surface area contributed by atoms with Crippen LogP contribution in [0.4, 0.5) is 5.69 Å². The quantitative estimate of drug-likeness (QED) is 0.580. The zero-order chi connectivity index (χ0) is 18.2. The van der Waals surface area contributed by atoms with Crippen molar-refractivity contribution in [2.45, 2.75) is 36.2 Å². The Kier molecular flexibility index (Phi) is 5.45. The SMILES string of the molecule is Nc1c(Cl)cc(S(=O)(=O)NC2CCN([C@@H]3CCOC3=O)CC2)cc1Cl. The van der Waals surface area contributed by atoms with Gasteiger partial charge in [0.1, 0.15) is 6.04 Å². The minimum atomic E-state index is -3.75. The highest BCUT2D eigenvalue weighted by Gasteiger charge is 2.35. The summed E-state index contributed by atoms with van der Waals surface area (Å²) >= 11 is 11.8. The van der Waals surface area contributed by atoms with Crippen LogP contribution in [0.1, 0.15) is 19.3 Å². The van der Waals surface area contributed by atoms with E-state index in [1.54, 1.807) is 0 Å². The lowest BCUT2D eigenvalue weighted by atomic mass is 10.0. The van der Waals surface area contributed by atoms with Gasteiger partial charge in [-0.3, -0.25) is 9.69 Å². The highest BCUT2D eigenvalue weighted by atomic mass is 35.5. The molecule has 0 unspecified atom stereocenters. The van der Waals surface area contributed by atoms with Crippen LogP contribution in [0.5, 0.6) is 0 Å². The molecule has 2 fully saturated rings. The van der Waals surface area contributed by atoms with Crippen LogP contribution >= 0.6 is 23.2 Å². The molecule has 0 spiro atoms. The maximum atomic E-state index is 12.5. The Morgan fingerprint density at radius 3 is 2.28 bits per heavy atom. The Morgan fingerprint density at radius 1 is 1.16 bits per heavy atom. The first-order chi connectivity index (χ1) is 11.8. The van der Waals surface area contributed by atoms with Gasteiger partial charge >= 0.3 is 5.97 Å². The minimum Gasteiger partial charge on any atom is -0.464 e. The topological polar surface area (TPSA) is 102 Å². The number of hydrogen-bond donors (Lipinski definition) is 2.